The van der Waals surface area contributed by atoms with Gasteiger partial charge in [-0.25, -0.2) is 0 Å². The van der Waals surface area contributed by atoms with Crippen molar-refractivity contribution >= 4 is 5.91 Å². The van der Waals surface area contributed by atoms with Gasteiger partial charge in [-0.2, -0.15) is 0 Å². The Morgan fingerprint density at radius 2 is 1.77 bits per heavy atom. The normalized spacial score (nSPS) is 14.8. The van der Waals surface area contributed by atoms with Crippen molar-refractivity contribution in [1.82, 2.24) is 15.5 Å². The second-order valence-corrected chi connectivity index (χ2v) is 6.40. The van der Waals surface area contributed by atoms with E-state index in [1.165, 1.54) is 0 Å². The molecule has 5 nitrogen and oxygen atoms in total. The Hall–Kier alpha value is -2.37. The highest BCUT2D eigenvalue weighted by Crippen LogP contribution is 2.29. The van der Waals surface area contributed by atoms with Crippen molar-refractivity contribution in [1.29, 1.82) is 0 Å². The van der Waals surface area contributed by atoms with Gasteiger partial charge in [-0.3, -0.25) is 9.69 Å². The van der Waals surface area contributed by atoms with Gasteiger partial charge in [0.05, 0.1) is 13.0 Å². The minimum absolute atomic E-state index is 0.0392. The summed E-state index contributed by atoms with van der Waals surface area (Å²) in [6.45, 7) is 6.14. The molecule has 1 aliphatic rings. The Kier molecular flexibility index (Phi) is 7.05. The van der Waals surface area contributed by atoms with E-state index in [4.69, 9.17) is 4.74 Å². The number of para-hydroxylation sites is 1. The van der Waals surface area contributed by atoms with Crippen LogP contribution in [0.2, 0.25) is 0 Å². The van der Waals surface area contributed by atoms with E-state index in [1.807, 2.05) is 42.5 Å². The average Bonchev–Trinajstić information content (AvgIpc) is 2.70. The minimum Gasteiger partial charge on any atom is -0.492 e. The van der Waals surface area contributed by atoms with Crippen LogP contribution in [0.3, 0.4) is 0 Å². The summed E-state index contributed by atoms with van der Waals surface area (Å²) >= 11 is 0. The molecule has 1 heterocycles. The zero-order chi connectivity index (χ0) is 18.0. The molecule has 0 unspecified atom stereocenters. The van der Waals surface area contributed by atoms with E-state index in [-0.39, 0.29) is 5.91 Å². The van der Waals surface area contributed by atoms with Gasteiger partial charge in [-0.1, -0.05) is 48.5 Å². The Morgan fingerprint density at radius 1 is 1.04 bits per heavy atom. The lowest BCUT2D eigenvalue weighted by Crippen LogP contribution is -2.46. The van der Waals surface area contributed by atoms with Crippen molar-refractivity contribution in [2.45, 2.75) is 6.42 Å². The van der Waals surface area contributed by atoms with Gasteiger partial charge < -0.3 is 15.4 Å². The second-order valence-electron chi connectivity index (χ2n) is 6.40. The molecule has 26 heavy (non-hydrogen) atoms. The molecule has 2 aromatic carbocycles. The summed E-state index contributed by atoms with van der Waals surface area (Å²) in [7, 11) is 0. The van der Waals surface area contributed by atoms with Crippen molar-refractivity contribution in [3.8, 4) is 16.9 Å². The third-order valence-electron chi connectivity index (χ3n) is 4.52. The molecule has 0 atom stereocenters. The number of piperazine rings is 1. The third-order valence-corrected chi connectivity index (χ3v) is 4.52. The number of nitrogens with one attached hydrogen (secondary N) is 2. The molecule has 0 spiro atoms. The van der Waals surface area contributed by atoms with E-state index in [0.717, 1.165) is 49.6 Å². The second kappa shape index (κ2) is 9.94. The molecule has 1 fully saturated rings. The molecule has 0 aromatic heterocycles. The molecule has 138 valence electrons. The van der Waals surface area contributed by atoms with E-state index in [1.54, 1.807) is 0 Å². The zero-order valence-electron chi connectivity index (χ0n) is 15.1. The van der Waals surface area contributed by atoms with Crippen molar-refractivity contribution in [2.75, 3.05) is 45.9 Å². The topological polar surface area (TPSA) is 53.6 Å². The Labute approximate surface area is 155 Å². The van der Waals surface area contributed by atoms with Gasteiger partial charge in [-0.05, 0) is 11.6 Å². The number of ether oxygens (including phenoxy) is 1. The van der Waals surface area contributed by atoms with Gasteiger partial charge in [0.2, 0.25) is 5.91 Å². The fourth-order valence-electron chi connectivity index (χ4n) is 3.08. The number of rotatable bonds is 8. The number of amides is 1. The average molecular weight is 353 g/mol. The largest absolute Gasteiger partial charge is 0.492 e. The van der Waals surface area contributed by atoms with Gasteiger partial charge in [0.25, 0.3) is 0 Å². The van der Waals surface area contributed by atoms with Crippen molar-refractivity contribution < 1.29 is 9.53 Å². The molecule has 1 amide bonds. The first-order valence-corrected chi connectivity index (χ1v) is 9.30. The first-order chi connectivity index (χ1) is 12.8. The monoisotopic (exact) mass is 353 g/mol. The number of hydrogen-bond acceptors (Lipinski definition) is 4. The molecule has 3 rings (SSSR count). The molecule has 5 heteroatoms. The smallest absolute Gasteiger partial charge is 0.223 e. The Morgan fingerprint density at radius 3 is 2.58 bits per heavy atom. The lowest BCUT2D eigenvalue weighted by Gasteiger charge is -2.27. The highest BCUT2D eigenvalue weighted by molar-refractivity contribution is 5.76. The predicted octanol–water partition coefficient (Wildman–Crippen LogP) is 2.14. The summed E-state index contributed by atoms with van der Waals surface area (Å²) in [5, 5.41) is 6.31. The molecule has 2 aromatic rings. The summed E-state index contributed by atoms with van der Waals surface area (Å²) in [6, 6.07) is 18.1. The van der Waals surface area contributed by atoms with Crippen LogP contribution >= 0.6 is 0 Å². The van der Waals surface area contributed by atoms with Crippen molar-refractivity contribution in [3.63, 3.8) is 0 Å². The number of carbonyl (C=O) groups excluding carboxylic acids is 1. The fraction of sp³-hybridized carbons (Fsp3) is 0.381. The lowest BCUT2D eigenvalue weighted by atomic mass is 10.1. The molecule has 2 N–H and O–H groups in total. The summed E-state index contributed by atoms with van der Waals surface area (Å²) in [5.74, 6) is 0.852. The summed E-state index contributed by atoms with van der Waals surface area (Å²) in [6.07, 6.45) is 0.366. The summed E-state index contributed by atoms with van der Waals surface area (Å²) in [4.78, 5) is 14.4. The zero-order valence-corrected chi connectivity index (χ0v) is 15.1. The Balaban J connectivity index is 1.41. The van der Waals surface area contributed by atoms with Crippen LogP contribution in [0.15, 0.2) is 54.6 Å². The minimum atomic E-state index is 0.0392. The van der Waals surface area contributed by atoms with Crippen molar-refractivity contribution in [3.05, 3.63) is 54.6 Å². The van der Waals surface area contributed by atoms with E-state index in [9.17, 15) is 4.79 Å². The predicted molar refractivity (Wildman–Crippen MR) is 104 cm³/mol. The Bertz CT molecular complexity index is 685. The molecule has 0 saturated carbocycles. The third kappa shape index (κ3) is 5.58. The van der Waals surface area contributed by atoms with Crippen LogP contribution in [0.5, 0.6) is 5.75 Å². The highest BCUT2D eigenvalue weighted by atomic mass is 16.5. The number of carbonyl (C=O) groups is 1. The van der Waals surface area contributed by atoms with Gasteiger partial charge >= 0.3 is 0 Å². The molecular formula is C21H27N3O2. The van der Waals surface area contributed by atoms with E-state index < -0.39 is 0 Å². The molecule has 1 saturated heterocycles. The van der Waals surface area contributed by atoms with Crippen molar-refractivity contribution in [2.24, 2.45) is 0 Å². The molecule has 1 aliphatic heterocycles. The quantitative estimate of drug-likeness (QED) is 0.764. The maximum atomic E-state index is 12.0. The van der Waals surface area contributed by atoms with Crippen LogP contribution < -0.4 is 15.4 Å². The van der Waals surface area contributed by atoms with Crippen LogP contribution in [-0.2, 0) is 4.79 Å². The van der Waals surface area contributed by atoms with Gasteiger partial charge in [-0.15, -0.1) is 0 Å². The van der Waals surface area contributed by atoms with Crippen LogP contribution in [-0.4, -0.2) is 56.7 Å². The first kappa shape index (κ1) is 18.4. The number of hydrogen-bond donors (Lipinski definition) is 2. The lowest BCUT2D eigenvalue weighted by molar-refractivity contribution is -0.121. The van der Waals surface area contributed by atoms with Crippen LogP contribution in [0, 0.1) is 0 Å². The number of benzene rings is 2. The van der Waals surface area contributed by atoms with Crippen LogP contribution in [0.25, 0.3) is 11.1 Å². The standard InChI is InChI=1S/C21H27N3O2/c25-21(23-13-16-24-14-11-22-12-15-24)10-17-26-20-9-5-4-8-19(20)18-6-2-1-3-7-18/h1-9,22H,10-17H2,(H,23,25). The maximum Gasteiger partial charge on any atom is 0.223 e. The van der Waals surface area contributed by atoms with Gasteiger partial charge in [0, 0.05) is 44.8 Å². The summed E-state index contributed by atoms with van der Waals surface area (Å²) in [5.41, 5.74) is 2.16. The van der Waals surface area contributed by atoms with E-state index in [2.05, 4.69) is 27.7 Å². The van der Waals surface area contributed by atoms with Crippen LogP contribution in [0.4, 0.5) is 0 Å². The maximum absolute atomic E-state index is 12.0. The fourth-order valence-corrected chi connectivity index (χ4v) is 3.08. The highest BCUT2D eigenvalue weighted by Gasteiger charge is 2.10. The van der Waals surface area contributed by atoms with Gasteiger partial charge in [0.1, 0.15) is 5.75 Å². The first-order valence-electron chi connectivity index (χ1n) is 9.30. The van der Waals surface area contributed by atoms with Gasteiger partial charge in [0.15, 0.2) is 0 Å². The molecule has 0 bridgehead atoms. The number of nitrogens with zero attached hydrogens (tertiary/aromatic N) is 1. The van der Waals surface area contributed by atoms with E-state index in [0.29, 0.717) is 19.6 Å². The molecular weight excluding hydrogens is 326 g/mol. The molecule has 0 aliphatic carbocycles. The SMILES string of the molecule is O=C(CCOc1ccccc1-c1ccccc1)NCCN1CCNCC1. The summed E-state index contributed by atoms with van der Waals surface area (Å²) < 4.78 is 5.88. The van der Waals surface area contributed by atoms with Crippen LogP contribution in [0.1, 0.15) is 6.42 Å². The molecule has 0 radical (unpaired) electrons. The van der Waals surface area contributed by atoms with E-state index >= 15 is 0 Å².